The standard InChI is InChI=1S/C8H11N3O2/c1-3-4-13-7-5-6(12-2)10-8(9)11-7/h3,5H,1,4H2,2H3,(H2,9,10,11). The lowest BCUT2D eigenvalue weighted by molar-refractivity contribution is 0.340. The second kappa shape index (κ2) is 4.30. The Hall–Kier alpha value is -1.78. The van der Waals surface area contributed by atoms with E-state index >= 15 is 0 Å². The molecule has 1 aromatic heterocycles. The number of rotatable bonds is 4. The largest absolute Gasteiger partial charge is 0.481 e. The van der Waals surface area contributed by atoms with Gasteiger partial charge in [-0.15, -0.1) is 0 Å². The van der Waals surface area contributed by atoms with Gasteiger partial charge in [0.05, 0.1) is 13.2 Å². The van der Waals surface area contributed by atoms with Gasteiger partial charge in [0.15, 0.2) is 0 Å². The summed E-state index contributed by atoms with van der Waals surface area (Å²) in [5, 5.41) is 0. The van der Waals surface area contributed by atoms with Crippen LogP contribution < -0.4 is 15.2 Å². The summed E-state index contributed by atoms with van der Waals surface area (Å²) in [7, 11) is 1.50. The molecule has 5 heteroatoms. The Balaban J connectivity index is 2.81. The number of aromatic nitrogens is 2. The van der Waals surface area contributed by atoms with Crippen LogP contribution in [-0.4, -0.2) is 23.7 Å². The first-order chi connectivity index (χ1) is 6.26. The van der Waals surface area contributed by atoms with Crippen LogP contribution in [0, 0.1) is 0 Å². The first-order valence-corrected chi connectivity index (χ1v) is 3.68. The van der Waals surface area contributed by atoms with E-state index in [-0.39, 0.29) is 5.95 Å². The molecule has 2 N–H and O–H groups in total. The summed E-state index contributed by atoms with van der Waals surface area (Å²) in [6.07, 6.45) is 1.62. The van der Waals surface area contributed by atoms with Crippen LogP contribution in [0.5, 0.6) is 11.8 Å². The average molecular weight is 181 g/mol. The second-order valence-electron chi connectivity index (χ2n) is 2.21. The number of nitrogens with zero attached hydrogens (tertiary/aromatic N) is 2. The molecule has 0 fully saturated rings. The average Bonchev–Trinajstić information content (AvgIpc) is 2.14. The van der Waals surface area contributed by atoms with Crippen LogP contribution in [0.3, 0.4) is 0 Å². The molecule has 70 valence electrons. The summed E-state index contributed by atoms with van der Waals surface area (Å²) in [6.45, 7) is 3.88. The lowest BCUT2D eigenvalue weighted by Crippen LogP contribution is -2.02. The Morgan fingerprint density at radius 1 is 1.54 bits per heavy atom. The molecular formula is C8H11N3O2. The first-order valence-electron chi connectivity index (χ1n) is 3.68. The zero-order valence-corrected chi connectivity index (χ0v) is 7.36. The van der Waals surface area contributed by atoms with Crippen LogP contribution in [0.4, 0.5) is 5.95 Å². The van der Waals surface area contributed by atoms with E-state index in [4.69, 9.17) is 15.2 Å². The fourth-order valence-corrected chi connectivity index (χ4v) is 0.744. The Morgan fingerprint density at radius 3 is 2.85 bits per heavy atom. The van der Waals surface area contributed by atoms with Crippen molar-refractivity contribution in [2.24, 2.45) is 0 Å². The van der Waals surface area contributed by atoms with Crippen molar-refractivity contribution in [1.29, 1.82) is 0 Å². The summed E-state index contributed by atoms with van der Waals surface area (Å²) in [4.78, 5) is 7.63. The van der Waals surface area contributed by atoms with Crippen LogP contribution in [0.15, 0.2) is 18.7 Å². The summed E-state index contributed by atoms with van der Waals surface area (Å²) >= 11 is 0. The van der Waals surface area contributed by atoms with Gasteiger partial charge in [0, 0.05) is 0 Å². The third-order valence-electron chi connectivity index (χ3n) is 1.25. The molecule has 0 aromatic carbocycles. The lowest BCUT2D eigenvalue weighted by atomic mass is 10.6. The third-order valence-corrected chi connectivity index (χ3v) is 1.25. The fraction of sp³-hybridized carbons (Fsp3) is 0.250. The van der Waals surface area contributed by atoms with Gasteiger partial charge in [-0.05, 0) is 0 Å². The highest BCUT2D eigenvalue weighted by molar-refractivity contribution is 5.29. The van der Waals surface area contributed by atoms with E-state index in [0.717, 1.165) is 0 Å². The maximum Gasteiger partial charge on any atom is 0.226 e. The predicted octanol–water partition coefficient (Wildman–Crippen LogP) is 0.632. The number of anilines is 1. The van der Waals surface area contributed by atoms with Crippen molar-refractivity contribution in [2.45, 2.75) is 0 Å². The van der Waals surface area contributed by atoms with Crippen molar-refractivity contribution in [2.75, 3.05) is 19.5 Å². The lowest BCUT2D eigenvalue weighted by Gasteiger charge is -2.04. The molecule has 0 saturated heterocycles. The van der Waals surface area contributed by atoms with Crippen LogP contribution in [0.25, 0.3) is 0 Å². The smallest absolute Gasteiger partial charge is 0.226 e. The molecule has 13 heavy (non-hydrogen) atoms. The third kappa shape index (κ3) is 2.62. The molecule has 0 radical (unpaired) electrons. The molecule has 0 atom stereocenters. The molecule has 5 nitrogen and oxygen atoms in total. The number of methoxy groups -OCH3 is 1. The molecule has 1 heterocycles. The Bertz CT molecular complexity index is 301. The number of hydrogen-bond acceptors (Lipinski definition) is 5. The number of nitrogen functional groups attached to an aromatic ring is 1. The minimum Gasteiger partial charge on any atom is -0.481 e. The predicted molar refractivity (Wildman–Crippen MR) is 48.7 cm³/mol. The summed E-state index contributed by atoms with van der Waals surface area (Å²) in [5.41, 5.74) is 5.40. The minimum atomic E-state index is 0.124. The van der Waals surface area contributed by atoms with Gasteiger partial charge < -0.3 is 15.2 Å². The van der Waals surface area contributed by atoms with E-state index in [1.54, 1.807) is 12.1 Å². The summed E-state index contributed by atoms with van der Waals surface area (Å²) in [6, 6.07) is 1.56. The van der Waals surface area contributed by atoms with Crippen molar-refractivity contribution in [3.8, 4) is 11.8 Å². The molecule has 0 unspecified atom stereocenters. The molecule has 0 aliphatic rings. The molecule has 0 amide bonds. The van der Waals surface area contributed by atoms with Crippen LogP contribution in [-0.2, 0) is 0 Å². The molecule has 0 saturated carbocycles. The van der Waals surface area contributed by atoms with E-state index in [0.29, 0.717) is 18.4 Å². The van der Waals surface area contributed by atoms with E-state index in [1.165, 1.54) is 7.11 Å². The van der Waals surface area contributed by atoms with Crippen molar-refractivity contribution in [3.05, 3.63) is 18.7 Å². The normalized spacial score (nSPS) is 9.31. The van der Waals surface area contributed by atoms with Gasteiger partial charge >= 0.3 is 0 Å². The van der Waals surface area contributed by atoms with Crippen molar-refractivity contribution < 1.29 is 9.47 Å². The van der Waals surface area contributed by atoms with Crippen LogP contribution >= 0.6 is 0 Å². The highest BCUT2D eigenvalue weighted by Crippen LogP contribution is 2.15. The zero-order valence-electron chi connectivity index (χ0n) is 7.36. The summed E-state index contributed by atoms with van der Waals surface area (Å²) in [5.74, 6) is 0.884. The topological polar surface area (TPSA) is 70.3 Å². The van der Waals surface area contributed by atoms with Gasteiger partial charge in [-0.3, -0.25) is 0 Å². The quantitative estimate of drug-likeness (QED) is 0.690. The molecule has 1 rings (SSSR count). The Morgan fingerprint density at radius 2 is 2.23 bits per heavy atom. The Labute approximate surface area is 76.2 Å². The SMILES string of the molecule is C=CCOc1cc(OC)nc(N)n1. The minimum absolute atomic E-state index is 0.124. The van der Waals surface area contributed by atoms with E-state index in [2.05, 4.69) is 16.5 Å². The van der Waals surface area contributed by atoms with Crippen molar-refractivity contribution >= 4 is 5.95 Å². The molecule has 0 aliphatic carbocycles. The maximum absolute atomic E-state index is 5.40. The number of nitrogens with two attached hydrogens (primary N) is 1. The molecule has 0 aliphatic heterocycles. The molecule has 0 spiro atoms. The Kier molecular flexibility index (Phi) is 3.08. The zero-order chi connectivity index (χ0) is 9.68. The van der Waals surface area contributed by atoms with E-state index in [9.17, 15) is 0 Å². The fourth-order valence-electron chi connectivity index (χ4n) is 0.744. The maximum atomic E-state index is 5.40. The second-order valence-corrected chi connectivity index (χ2v) is 2.21. The van der Waals surface area contributed by atoms with Gasteiger partial charge in [-0.25, -0.2) is 0 Å². The van der Waals surface area contributed by atoms with Crippen LogP contribution in [0.2, 0.25) is 0 Å². The highest BCUT2D eigenvalue weighted by atomic mass is 16.5. The van der Waals surface area contributed by atoms with Gasteiger partial charge in [-0.1, -0.05) is 12.7 Å². The highest BCUT2D eigenvalue weighted by Gasteiger charge is 2.01. The molecule has 0 bridgehead atoms. The first kappa shape index (κ1) is 9.31. The monoisotopic (exact) mass is 181 g/mol. The van der Waals surface area contributed by atoms with Gasteiger partial charge in [0.1, 0.15) is 6.61 Å². The molecule has 1 aromatic rings. The van der Waals surface area contributed by atoms with E-state index < -0.39 is 0 Å². The van der Waals surface area contributed by atoms with E-state index in [1.807, 2.05) is 0 Å². The van der Waals surface area contributed by atoms with Crippen molar-refractivity contribution in [1.82, 2.24) is 9.97 Å². The van der Waals surface area contributed by atoms with Crippen molar-refractivity contribution in [3.63, 3.8) is 0 Å². The van der Waals surface area contributed by atoms with Gasteiger partial charge in [0.25, 0.3) is 0 Å². The van der Waals surface area contributed by atoms with Gasteiger partial charge in [0.2, 0.25) is 17.7 Å². The summed E-state index contributed by atoms with van der Waals surface area (Å²) < 4.78 is 10.0. The number of ether oxygens (including phenoxy) is 2. The van der Waals surface area contributed by atoms with Gasteiger partial charge in [-0.2, -0.15) is 9.97 Å². The molecular weight excluding hydrogens is 170 g/mol. The number of hydrogen-bond donors (Lipinski definition) is 1. The van der Waals surface area contributed by atoms with Crippen LogP contribution in [0.1, 0.15) is 0 Å².